The van der Waals surface area contributed by atoms with Gasteiger partial charge in [0.2, 0.25) is 0 Å². The molecule has 1 aliphatic heterocycles. The molecule has 0 saturated heterocycles. The minimum Gasteiger partial charge on any atom is -0.497 e. The molecule has 0 N–H and O–H groups in total. The molecule has 2 aliphatic rings. The number of fused-ring (bicyclic) bond motifs is 1. The van der Waals surface area contributed by atoms with E-state index in [1.54, 1.807) is 7.11 Å². The van der Waals surface area contributed by atoms with Crippen molar-refractivity contribution >= 4 is 5.91 Å². The molecule has 2 aromatic rings. The van der Waals surface area contributed by atoms with Gasteiger partial charge in [-0.1, -0.05) is 12.8 Å². The molecule has 1 aromatic heterocycles. The van der Waals surface area contributed by atoms with E-state index in [4.69, 9.17) is 4.74 Å². The molecule has 0 spiro atoms. The standard InChI is InChI=1S/C19H22N2O2/c1-23-16-6-4-15(5-7-16)17-8-9-18-19(22)20(12-13-21(17)18)11-10-14-2-3-14/h4-9,14H,2-3,10-13H2,1H3. The lowest BCUT2D eigenvalue weighted by atomic mass is 10.1. The van der Waals surface area contributed by atoms with Crippen molar-refractivity contribution in [2.24, 2.45) is 5.92 Å². The number of carbonyl (C=O) groups is 1. The van der Waals surface area contributed by atoms with Crippen LogP contribution >= 0.6 is 0 Å². The molecule has 2 heterocycles. The fraction of sp³-hybridized carbons (Fsp3) is 0.421. The van der Waals surface area contributed by atoms with E-state index in [1.807, 2.05) is 35.2 Å². The van der Waals surface area contributed by atoms with E-state index in [9.17, 15) is 4.79 Å². The van der Waals surface area contributed by atoms with Crippen LogP contribution in [-0.4, -0.2) is 35.6 Å². The van der Waals surface area contributed by atoms with Gasteiger partial charge in [-0.25, -0.2) is 0 Å². The second-order valence-electron chi connectivity index (χ2n) is 6.51. The maximum Gasteiger partial charge on any atom is 0.270 e. The van der Waals surface area contributed by atoms with Crippen LogP contribution in [0, 0.1) is 5.92 Å². The van der Waals surface area contributed by atoms with E-state index in [1.165, 1.54) is 12.8 Å². The third kappa shape index (κ3) is 2.74. The van der Waals surface area contributed by atoms with Crippen molar-refractivity contribution < 1.29 is 9.53 Å². The molecule has 23 heavy (non-hydrogen) atoms. The maximum absolute atomic E-state index is 12.7. The molecule has 4 rings (SSSR count). The Morgan fingerprint density at radius 1 is 1.04 bits per heavy atom. The average molecular weight is 310 g/mol. The average Bonchev–Trinajstić information content (AvgIpc) is 3.31. The second-order valence-corrected chi connectivity index (χ2v) is 6.51. The molecule has 1 saturated carbocycles. The predicted molar refractivity (Wildman–Crippen MR) is 89.7 cm³/mol. The Hall–Kier alpha value is -2.23. The summed E-state index contributed by atoms with van der Waals surface area (Å²) in [6.07, 6.45) is 3.86. The molecule has 0 unspecified atom stereocenters. The summed E-state index contributed by atoms with van der Waals surface area (Å²) in [5.74, 6) is 1.89. The number of amides is 1. The topological polar surface area (TPSA) is 34.5 Å². The summed E-state index contributed by atoms with van der Waals surface area (Å²) < 4.78 is 7.36. The van der Waals surface area contributed by atoms with Gasteiger partial charge in [0.25, 0.3) is 5.91 Å². The molecule has 120 valence electrons. The summed E-state index contributed by atoms with van der Waals surface area (Å²) in [5.41, 5.74) is 3.05. The van der Waals surface area contributed by atoms with Crippen molar-refractivity contribution in [1.82, 2.24) is 9.47 Å². The Bertz CT molecular complexity index is 713. The van der Waals surface area contributed by atoms with Crippen LogP contribution in [0.5, 0.6) is 5.75 Å². The van der Waals surface area contributed by atoms with Crippen molar-refractivity contribution in [1.29, 1.82) is 0 Å². The maximum atomic E-state index is 12.7. The Morgan fingerprint density at radius 3 is 2.48 bits per heavy atom. The molecule has 1 fully saturated rings. The number of hydrogen-bond acceptors (Lipinski definition) is 2. The van der Waals surface area contributed by atoms with Gasteiger partial charge in [0.1, 0.15) is 11.4 Å². The summed E-state index contributed by atoms with van der Waals surface area (Å²) in [6.45, 7) is 2.60. The monoisotopic (exact) mass is 310 g/mol. The van der Waals surface area contributed by atoms with Gasteiger partial charge in [-0.3, -0.25) is 4.79 Å². The zero-order valence-corrected chi connectivity index (χ0v) is 13.5. The minimum absolute atomic E-state index is 0.177. The molecule has 4 nitrogen and oxygen atoms in total. The lowest BCUT2D eigenvalue weighted by molar-refractivity contribution is 0.0701. The smallest absolute Gasteiger partial charge is 0.270 e. The van der Waals surface area contributed by atoms with Crippen molar-refractivity contribution in [2.75, 3.05) is 20.2 Å². The second kappa shape index (κ2) is 5.76. The largest absolute Gasteiger partial charge is 0.497 e. The van der Waals surface area contributed by atoms with E-state index in [0.717, 1.165) is 54.7 Å². The van der Waals surface area contributed by atoms with Crippen molar-refractivity contribution in [3.8, 4) is 17.0 Å². The Morgan fingerprint density at radius 2 is 1.78 bits per heavy atom. The first-order valence-corrected chi connectivity index (χ1v) is 8.39. The molecular formula is C19H22N2O2. The zero-order valence-electron chi connectivity index (χ0n) is 13.5. The first kappa shape index (κ1) is 14.4. The number of ether oxygens (including phenoxy) is 1. The van der Waals surface area contributed by atoms with E-state index in [2.05, 4.69) is 10.6 Å². The van der Waals surface area contributed by atoms with Crippen LogP contribution in [0.2, 0.25) is 0 Å². The third-order valence-electron chi connectivity index (χ3n) is 4.97. The number of benzene rings is 1. The third-order valence-corrected chi connectivity index (χ3v) is 4.97. The molecular weight excluding hydrogens is 288 g/mol. The molecule has 4 heteroatoms. The normalized spacial score (nSPS) is 17.3. The van der Waals surface area contributed by atoms with E-state index >= 15 is 0 Å². The van der Waals surface area contributed by atoms with Crippen LogP contribution in [0.15, 0.2) is 36.4 Å². The SMILES string of the molecule is COc1ccc(-c2ccc3n2CCN(CCC2CC2)C3=O)cc1. The number of methoxy groups -OCH3 is 1. The van der Waals surface area contributed by atoms with E-state index < -0.39 is 0 Å². The Balaban J connectivity index is 1.56. The van der Waals surface area contributed by atoms with Gasteiger partial charge in [0.15, 0.2) is 0 Å². The van der Waals surface area contributed by atoms with Crippen molar-refractivity contribution in [2.45, 2.75) is 25.8 Å². The van der Waals surface area contributed by atoms with Crippen LogP contribution in [-0.2, 0) is 6.54 Å². The summed E-state index contributed by atoms with van der Waals surface area (Å²) >= 11 is 0. The van der Waals surface area contributed by atoms with Gasteiger partial charge in [-0.2, -0.15) is 0 Å². The molecule has 0 bridgehead atoms. The highest BCUT2D eigenvalue weighted by Gasteiger charge is 2.28. The van der Waals surface area contributed by atoms with Gasteiger partial charge in [-0.05, 0) is 54.3 Å². The highest BCUT2D eigenvalue weighted by atomic mass is 16.5. The highest BCUT2D eigenvalue weighted by Crippen LogP contribution is 2.33. The van der Waals surface area contributed by atoms with Gasteiger partial charge in [0, 0.05) is 25.3 Å². The fourth-order valence-electron chi connectivity index (χ4n) is 3.35. The first-order valence-electron chi connectivity index (χ1n) is 8.39. The zero-order chi connectivity index (χ0) is 15.8. The van der Waals surface area contributed by atoms with E-state index in [0.29, 0.717) is 0 Å². The number of carbonyl (C=O) groups excluding carboxylic acids is 1. The molecule has 0 radical (unpaired) electrons. The molecule has 1 aliphatic carbocycles. The van der Waals surface area contributed by atoms with Crippen LogP contribution in [0.4, 0.5) is 0 Å². The Labute approximate surface area is 136 Å². The van der Waals surface area contributed by atoms with Gasteiger partial charge in [-0.15, -0.1) is 0 Å². The van der Waals surface area contributed by atoms with Gasteiger partial charge in [0.05, 0.1) is 7.11 Å². The number of rotatable bonds is 5. The van der Waals surface area contributed by atoms with E-state index in [-0.39, 0.29) is 5.91 Å². The molecule has 0 atom stereocenters. The van der Waals surface area contributed by atoms with Crippen LogP contribution in [0.25, 0.3) is 11.3 Å². The molecule has 1 aromatic carbocycles. The lowest BCUT2D eigenvalue weighted by Gasteiger charge is -2.29. The number of aromatic nitrogens is 1. The van der Waals surface area contributed by atoms with Gasteiger partial charge < -0.3 is 14.2 Å². The van der Waals surface area contributed by atoms with Gasteiger partial charge >= 0.3 is 0 Å². The highest BCUT2D eigenvalue weighted by molar-refractivity contribution is 5.94. The van der Waals surface area contributed by atoms with Crippen LogP contribution in [0.1, 0.15) is 29.8 Å². The lowest BCUT2D eigenvalue weighted by Crippen LogP contribution is -2.40. The number of nitrogens with zero attached hydrogens (tertiary/aromatic N) is 2. The van der Waals surface area contributed by atoms with Crippen molar-refractivity contribution in [3.05, 3.63) is 42.1 Å². The fourth-order valence-corrected chi connectivity index (χ4v) is 3.35. The summed E-state index contributed by atoms with van der Waals surface area (Å²) in [7, 11) is 1.67. The van der Waals surface area contributed by atoms with Crippen LogP contribution in [0.3, 0.4) is 0 Å². The molecule has 1 amide bonds. The van der Waals surface area contributed by atoms with Crippen LogP contribution < -0.4 is 4.74 Å². The quantitative estimate of drug-likeness (QED) is 0.848. The first-order chi connectivity index (χ1) is 11.3. The number of hydrogen-bond donors (Lipinski definition) is 0. The van der Waals surface area contributed by atoms with Crippen molar-refractivity contribution in [3.63, 3.8) is 0 Å². The summed E-state index contributed by atoms with van der Waals surface area (Å²) in [6, 6.07) is 12.0. The minimum atomic E-state index is 0.177. The Kier molecular flexibility index (Phi) is 3.60. The predicted octanol–water partition coefficient (Wildman–Crippen LogP) is 3.42. The summed E-state index contributed by atoms with van der Waals surface area (Å²) in [4.78, 5) is 14.7. The summed E-state index contributed by atoms with van der Waals surface area (Å²) in [5, 5.41) is 0.